The van der Waals surface area contributed by atoms with Crippen LogP contribution in [0.5, 0.6) is 5.75 Å². The van der Waals surface area contributed by atoms with Crippen LogP contribution < -0.4 is 15.8 Å². The number of nitrogens with zero attached hydrogens (tertiary/aromatic N) is 3. The minimum absolute atomic E-state index is 0.249. The molecule has 2 aromatic carbocycles. The Bertz CT molecular complexity index is 1630. The lowest BCUT2D eigenvalue weighted by Gasteiger charge is -2.23. The van der Waals surface area contributed by atoms with Gasteiger partial charge in [-0.05, 0) is 68.5 Å². The molecule has 39 heavy (non-hydrogen) atoms. The van der Waals surface area contributed by atoms with Gasteiger partial charge in [0.25, 0.3) is 5.91 Å². The van der Waals surface area contributed by atoms with Gasteiger partial charge in [-0.1, -0.05) is 36.7 Å². The molecule has 0 bridgehead atoms. The Hall–Kier alpha value is -4.28. The third-order valence-corrected chi connectivity index (χ3v) is 7.54. The fraction of sp³-hybridized carbons (Fsp3) is 0.258. The van der Waals surface area contributed by atoms with Gasteiger partial charge in [0.1, 0.15) is 17.6 Å². The molecule has 0 radical (unpaired) electrons. The Balaban J connectivity index is 1.65. The number of pyridine rings is 1. The molecule has 4 aromatic rings. The zero-order chi connectivity index (χ0) is 27.7. The van der Waals surface area contributed by atoms with Crippen molar-refractivity contribution in [1.82, 2.24) is 9.55 Å². The molecule has 1 fully saturated rings. The topological polar surface area (TPSA) is 106 Å². The predicted molar refractivity (Wildman–Crippen MR) is 157 cm³/mol. The molecule has 0 unspecified atom stereocenters. The molecule has 0 aliphatic heterocycles. The average molecular weight is 540 g/mol. The van der Waals surface area contributed by atoms with Crippen molar-refractivity contribution < 1.29 is 9.53 Å². The summed E-state index contributed by atoms with van der Waals surface area (Å²) in [7, 11) is 1.88. The first-order valence-corrected chi connectivity index (χ1v) is 13.4. The van der Waals surface area contributed by atoms with Crippen LogP contribution in [0.3, 0.4) is 0 Å². The molecule has 1 saturated carbocycles. The molecule has 0 atom stereocenters. The Labute approximate surface area is 232 Å². The minimum atomic E-state index is -0.280. The molecule has 5 rings (SSSR count). The number of benzene rings is 2. The normalized spacial score (nSPS) is 13.7. The van der Waals surface area contributed by atoms with Gasteiger partial charge in [0.05, 0.1) is 33.3 Å². The first-order valence-electron chi connectivity index (χ1n) is 13.0. The zero-order valence-electron chi connectivity index (χ0n) is 22.1. The number of hydrogen-bond donors (Lipinski definition) is 2. The highest BCUT2D eigenvalue weighted by molar-refractivity contribution is 6.34. The van der Waals surface area contributed by atoms with Crippen molar-refractivity contribution in [2.24, 2.45) is 7.05 Å². The summed E-state index contributed by atoms with van der Waals surface area (Å²) >= 11 is 6.81. The number of fused-ring (bicyclic) bond motifs is 1. The highest BCUT2D eigenvalue weighted by Gasteiger charge is 2.25. The number of carbonyl (C=O) groups excluding carboxylic acids is 1. The standard InChI is InChI=1S/C31H30ClN5O2/c1-18(2)31(38)36-21-11-14-24(25(32)15-21)29-26(27-28(37(29)3)20(16-33)17-35-30(27)34)19-9-12-23(13-10-19)39-22-7-5-4-6-8-22/h9-15,17,22H,1,4-8H2,2-3H3,(H2,34,35)(H,36,38). The molecule has 0 spiro atoms. The number of hydrogen-bond acceptors (Lipinski definition) is 5. The molecule has 198 valence electrons. The van der Waals surface area contributed by atoms with Crippen molar-refractivity contribution in [2.75, 3.05) is 11.1 Å². The van der Waals surface area contributed by atoms with Gasteiger partial charge in [0, 0.05) is 35.6 Å². The predicted octanol–water partition coefficient (Wildman–Crippen LogP) is 7.24. The summed E-state index contributed by atoms with van der Waals surface area (Å²) in [6, 6.07) is 15.5. The van der Waals surface area contributed by atoms with Gasteiger partial charge in [-0.3, -0.25) is 4.79 Å². The number of nitrogens with two attached hydrogens (primary N) is 1. The highest BCUT2D eigenvalue weighted by atomic mass is 35.5. The number of amides is 1. The van der Waals surface area contributed by atoms with Crippen molar-refractivity contribution >= 4 is 39.9 Å². The summed E-state index contributed by atoms with van der Waals surface area (Å²) in [4.78, 5) is 16.5. The number of nitrogens with one attached hydrogen (secondary N) is 1. The smallest absolute Gasteiger partial charge is 0.250 e. The first-order chi connectivity index (χ1) is 18.8. The fourth-order valence-electron chi connectivity index (χ4n) is 5.29. The summed E-state index contributed by atoms with van der Waals surface area (Å²) < 4.78 is 8.18. The van der Waals surface area contributed by atoms with E-state index < -0.39 is 0 Å². The number of halogens is 1. The Kier molecular flexibility index (Phi) is 7.32. The number of ether oxygens (including phenoxy) is 1. The molecule has 1 aliphatic rings. The van der Waals surface area contributed by atoms with E-state index in [1.807, 2.05) is 41.9 Å². The van der Waals surface area contributed by atoms with Gasteiger partial charge in [-0.25, -0.2) is 4.98 Å². The first kappa shape index (κ1) is 26.3. The quantitative estimate of drug-likeness (QED) is 0.251. The average Bonchev–Trinajstić information content (AvgIpc) is 3.23. The van der Waals surface area contributed by atoms with E-state index in [-0.39, 0.29) is 12.0 Å². The van der Waals surface area contributed by atoms with Gasteiger partial charge in [0.2, 0.25) is 0 Å². The van der Waals surface area contributed by atoms with E-state index in [0.29, 0.717) is 38.6 Å². The fourth-order valence-corrected chi connectivity index (χ4v) is 5.56. The van der Waals surface area contributed by atoms with E-state index in [2.05, 4.69) is 22.9 Å². The Morgan fingerprint density at radius 2 is 1.92 bits per heavy atom. The van der Waals surface area contributed by atoms with Crippen molar-refractivity contribution in [3.8, 4) is 34.2 Å². The van der Waals surface area contributed by atoms with Gasteiger partial charge in [-0.2, -0.15) is 5.26 Å². The number of aromatic nitrogens is 2. The summed E-state index contributed by atoms with van der Waals surface area (Å²) in [6.07, 6.45) is 7.57. The molecule has 2 heterocycles. The minimum Gasteiger partial charge on any atom is -0.490 e. The van der Waals surface area contributed by atoms with Crippen molar-refractivity contribution in [2.45, 2.75) is 45.1 Å². The van der Waals surface area contributed by atoms with E-state index in [1.165, 1.54) is 25.5 Å². The van der Waals surface area contributed by atoms with Crippen LogP contribution in [0, 0.1) is 11.3 Å². The van der Waals surface area contributed by atoms with Crippen LogP contribution in [0.15, 0.2) is 60.8 Å². The van der Waals surface area contributed by atoms with E-state index in [1.54, 1.807) is 19.1 Å². The van der Waals surface area contributed by atoms with E-state index >= 15 is 0 Å². The van der Waals surface area contributed by atoms with Crippen LogP contribution in [0.1, 0.15) is 44.6 Å². The second kappa shape index (κ2) is 10.8. The Morgan fingerprint density at radius 3 is 2.56 bits per heavy atom. The number of aryl methyl sites for hydroxylation is 1. The number of rotatable bonds is 6. The lowest BCUT2D eigenvalue weighted by Crippen LogP contribution is -2.19. The third kappa shape index (κ3) is 5.08. The maximum absolute atomic E-state index is 12.1. The monoisotopic (exact) mass is 539 g/mol. The summed E-state index contributed by atoms with van der Waals surface area (Å²) in [6.45, 7) is 5.32. The van der Waals surface area contributed by atoms with Gasteiger partial charge < -0.3 is 20.4 Å². The van der Waals surface area contributed by atoms with Gasteiger partial charge >= 0.3 is 0 Å². The number of carbonyl (C=O) groups is 1. The maximum Gasteiger partial charge on any atom is 0.250 e. The maximum atomic E-state index is 12.1. The third-order valence-electron chi connectivity index (χ3n) is 7.23. The van der Waals surface area contributed by atoms with Crippen molar-refractivity contribution in [3.05, 3.63) is 71.4 Å². The largest absolute Gasteiger partial charge is 0.490 e. The second-order valence-electron chi connectivity index (χ2n) is 10.0. The SMILES string of the molecule is C=C(C)C(=O)Nc1ccc(-c2c(-c3ccc(OC4CCCCC4)cc3)c3c(N)ncc(C#N)c3n2C)c(Cl)c1. The molecule has 1 aliphatic carbocycles. The zero-order valence-corrected chi connectivity index (χ0v) is 22.8. The molecular formula is C31H30ClN5O2. The van der Waals surface area contributed by atoms with E-state index in [9.17, 15) is 10.1 Å². The lowest BCUT2D eigenvalue weighted by atomic mass is 9.97. The second-order valence-corrected chi connectivity index (χ2v) is 10.4. The van der Waals surface area contributed by atoms with Crippen LogP contribution in [0.25, 0.3) is 33.3 Å². The molecular weight excluding hydrogens is 510 g/mol. The highest BCUT2D eigenvalue weighted by Crippen LogP contribution is 2.45. The molecule has 8 heteroatoms. The lowest BCUT2D eigenvalue weighted by molar-refractivity contribution is -0.112. The molecule has 0 saturated heterocycles. The summed E-state index contributed by atoms with van der Waals surface area (Å²) in [5.74, 6) is 0.869. The summed E-state index contributed by atoms with van der Waals surface area (Å²) in [5, 5.41) is 13.8. The molecule has 2 aromatic heterocycles. The van der Waals surface area contributed by atoms with Crippen LogP contribution in [-0.2, 0) is 11.8 Å². The van der Waals surface area contributed by atoms with E-state index in [0.717, 1.165) is 41.0 Å². The van der Waals surface area contributed by atoms with E-state index in [4.69, 9.17) is 22.1 Å². The molecule has 3 N–H and O–H groups in total. The van der Waals surface area contributed by atoms with Crippen molar-refractivity contribution in [3.63, 3.8) is 0 Å². The van der Waals surface area contributed by atoms with Crippen LogP contribution in [0.2, 0.25) is 5.02 Å². The van der Waals surface area contributed by atoms with Crippen LogP contribution in [0.4, 0.5) is 11.5 Å². The molecule has 7 nitrogen and oxygen atoms in total. The van der Waals surface area contributed by atoms with Gasteiger partial charge in [-0.15, -0.1) is 0 Å². The van der Waals surface area contributed by atoms with Crippen molar-refractivity contribution in [1.29, 1.82) is 5.26 Å². The Morgan fingerprint density at radius 1 is 1.21 bits per heavy atom. The summed E-state index contributed by atoms with van der Waals surface area (Å²) in [5.41, 5.74) is 11.7. The number of anilines is 2. The number of nitriles is 1. The van der Waals surface area contributed by atoms with Crippen LogP contribution in [-0.4, -0.2) is 21.6 Å². The molecule has 1 amide bonds. The van der Waals surface area contributed by atoms with Crippen LogP contribution >= 0.6 is 11.6 Å². The van der Waals surface area contributed by atoms with Gasteiger partial charge in [0.15, 0.2) is 0 Å². The number of nitrogen functional groups attached to an aromatic ring is 1.